The van der Waals surface area contributed by atoms with Crippen molar-refractivity contribution < 1.29 is 14.3 Å². The number of carbonyl (C=O) groups is 1. The number of nitrogens with one attached hydrogen (secondary N) is 1. The van der Waals surface area contributed by atoms with E-state index in [0.29, 0.717) is 6.04 Å². The van der Waals surface area contributed by atoms with E-state index in [1.165, 1.54) is 5.56 Å². The van der Waals surface area contributed by atoms with Crippen LogP contribution in [0.15, 0.2) is 36.8 Å². The Bertz CT molecular complexity index is 819. The number of likely N-dealkylation sites (tertiary alicyclic amines) is 1. The molecule has 0 radical (unpaired) electrons. The summed E-state index contributed by atoms with van der Waals surface area (Å²) in [4.78, 5) is 23.8. The first-order valence-corrected chi connectivity index (χ1v) is 9.97. The van der Waals surface area contributed by atoms with Gasteiger partial charge in [0.15, 0.2) is 11.5 Å². The fraction of sp³-hybridized carbons (Fsp3) is 0.455. The van der Waals surface area contributed by atoms with Gasteiger partial charge in [-0.3, -0.25) is 4.79 Å². The number of aromatic amines is 1. The van der Waals surface area contributed by atoms with Crippen LogP contribution in [0.4, 0.5) is 0 Å². The second kappa shape index (κ2) is 10.1. The van der Waals surface area contributed by atoms with Crippen molar-refractivity contribution in [2.45, 2.75) is 25.3 Å². The standard InChI is InChI=1S/C22H30N4O3/c1-25(12-10-17-6-8-20(28-2)21(13-17)29-3)19-5-4-11-26(15-19)22(27)9-7-18-14-23-16-24-18/h6-9,13-14,16,19H,4-5,10-12,15H2,1-3H3,(H,23,24)/b9-7+. The van der Waals surface area contributed by atoms with Gasteiger partial charge in [-0.25, -0.2) is 4.98 Å². The van der Waals surface area contributed by atoms with E-state index in [9.17, 15) is 4.79 Å². The highest BCUT2D eigenvalue weighted by Gasteiger charge is 2.25. The van der Waals surface area contributed by atoms with E-state index in [-0.39, 0.29) is 5.91 Å². The van der Waals surface area contributed by atoms with E-state index in [1.807, 2.05) is 17.0 Å². The summed E-state index contributed by atoms with van der Waals surface area (Å²) in [5.74, 6) is 1.55. The molecule has 7 heteroatoms. The van der Waals surface area contributed by atoms with Crippen molar-refractivity contribution in [1.29, 1.82) is 0 Å². The molecule has 0 aliphatic carbocycles. The Hall–Kier alpha value is -2.80. The molecule has 1 fully saturated rings. The molecule has 1 saturated heterocycles. The maximum atomic E-state index is 12.5. The van der Waals surface area contributed by atoms with Crippen LogP contribution in [-0.2, 0) is 11.2 Å². The third-order valence-corrected chi connectivity index (χ3v) is 5.46. The van der Waals surface area contributed by atoms with Gasteiger partial charge in [-0.1, -0.05) is 6.07 Å². The van der Waals surface area contributed by atoms with Gasteiger partial charge in [0, 0.05) is 31.8 Å². The number of aromatic nitrogens is 2. The van der Waals surface area contributed by atoms with Crippen LogP contribution in [0, 0.1) is 0 Å². The number of H-pyrrole nitrogens is 1. The van der Waals surface area contributed by atoms with Gasteiger partial charge in [0.2, 0.25) is 5.91 Å². The quantitative estimate of drug-likeness (QED) is 0.692. The Labute approximate surface area is 172 Å². The van der Waals surface area contributed by atoms with Gasteiger partial charge in [-0.05, 0) is 50.1 Å². The van der Waals surface area contributed by atoms with E-state index >= 15 is 0 Å². The van der Waals surface area contributed by atoms with Gasteiger partial charge in [-0.15, -0.1) is 0 Å². The molecule has 1 aromatic carbocycles. The lowest BCUT2D eigenvalue weighted by Gasteiger charge is -2.37. The molecule has 1 N–H and O–H groups in total. The van der Waals surface area contributed by atoms with Crippen molar-refractivity contribution in [2.24, 2.45) is 0 Å². The lowest BCUT2D eigenvalue weighted by Crippen LogP contribution is -2.48. The Morgan fingerprint density at radius 2 is 2.17 bits per heavy atom. The van der Waals surface area contributed by atoms with Crippen LogP contribution in [0.1, 0.15) is 24.1 Å². The normalized spacial score (nSPS) is 17.1. The van der Waals surface area contributed by atoms with Gasteiger partial charge in [0.25, 0.3) is 0 Å². The minimum Gasteiger partial charge on any atom is -0.493 e. The van der Waals surface area contributed by atoms with Gasteiger partial charge < -0.3 is 24.3 Å². The zero-order chi connectivity index (χ0) is 20.6. The molecule has 29 heavy (non-hydrogen) atoms. The molecule has 1 unspecified atom stereocenters. The van der Waals surface area contributed by atoms with Gasteiger partial charge in [0.1, 0.15) is 0 Å². The summed E-state index contributed by atoms with van der Waals surface area (Å²) in [7, 11) is 5.44. The van der Waals surface area contributed by atoms with Crippen molar-refractivity contribution in [3.05, 3.63) is 48.1 Å². The van der Waals surface area contributed by atoms with Crippen LogP contribution in [0.3, 0.4) is 0 Å². The third-order valence-electron chi connectivity index (χ3n) is 5.46. The molecule has 1 atom stereocenters. The first kappa shape index (κ1) is 20.9. The van der Waals surface area contributed by atoms with E-state index in [0.717, 1.165) is 56.1 Å². The monoisotopic (exact) mass is 398 g/mol. The first-order chi connectivity index (χ1) is 14.1. The molecule has 156 valence electrons. The van der Waals surface area contributed by atoms with Crippen LogP contribution >= 0.6 is 0 Å². The number of amides is 1. The number of hydrogen-bond acceptors (Lipinski definition) is 5. The number of benzene rings is 1. The van der Waals surface area contributed by atoms with Crippen LogP contribution < -0.4 is 9.47 Å². The van der Waals surface area contributed by atoms with Crippen molar-refractivity contribution in [1.82, 2.24) is 19.8 Å². The van der Waals surface area contributed by atoms with Crippen molar-refractivity contribution in [3.63, 3.8) is 0 Å². The maximum Gasteiger partial charge on any atom is 0.246 e. The number of carbonyl (C=O) groups excluding carboxylic acids is 1. The number of hydrogen-bond donors (Lipinski definition) is 1. The summed E-state index contributed by atoms with van der Waals surface area (Å²) in [6, 6.07) is 6.42. The average molecular weight is 399 g/mol. The zero-order valence-electron chi connectivity index (χ0n) is 17.4. The lowest BCUT2D eigenvalue weighted by atomic mass is 10.0. The summed E-state index contributed by atoms with van der Waals surface area (Å²) in [5, 5.41) is 0. The van der Waals surface area contributed by atoms with E-state index < -0.39 is 0 Å². The van der Waals surface area contributed by atoms with Gasteiger partial charge in [0.05, 0.1) is 32.4 Å². The molecule has 1 aromatic heterocycles. The largest absolute Gasteiger partial charge is 0.493 e. The molecular weight excluding hydrogens is 368 g/mol. The first-order valence-electron chi connectivity index (χ1n) is 9.97. The number of ether oxygens (including phenoxy) is 2. The molecular formula is C22H30N4O3. The second-order valence-electron chi connectivity index (χ2n) is 7.34. The van der Waals surface area contributed by atoms with Crippen molar-refractivity contribution >= 4 is 12.0 Å². The fourth-order valence-electron chi connectivity index (χ4n) is 3.66. The Balaban J connectivity index is 1.52. The summed E-state index contributed by atoms with van der Waals surface area (Å²) in [5.41, 5.74) is 2.04. The van der Waals surface area contributed by atoms with Crippen LogP contribution in [-0.4, -0.2) is 72.6 Å². The molecule has 1 amide bonds. The second-order valence-corrected chi connectivity index (χ2v) is 7.34. The Kier molecular flexibility index (Phi) is 7.30. The molecule has 1 aliphatic heterocycles. The van der Waals surface area contributed by atoms with E-state index in [4.69, 9.17) is 9.47 Å². The van der Waals surface area contributed by atoms with Gasteiger partial charge in [-0.2, -0.15) is 0 Å². The average Bonchev–Trinajstić information content (AvgIpc) is 3.29. The summed E-state index contributed by atoms with van der Waals surface area (Å²) in [6.45, 7) is 2.49. The highest BCUT2D eigenvalue weighted by molar-refractivity contribution is 5.91. The molecule has 2 heterocycles. The third kappa shape index (κ3) is 5.60. The summed E-state index contributed by atoms with van der Waals surface area (Å²) in [6.07, 6.45) is 9.75. The minimum absolute atomic E-state index is 0.0533. The number of piperidine rings is 1. The Morgan fingerprint density at radius 1 is 1.34 bits per heavy atom. The summed E-state index contributed by atoms with van der Waals surface area (Å²) >= 11 is 0. The molecule has 0 saturated carbocycles. The van der Waals surface area contributed by atoms with E-state index in [1.54, 1.807) is 38.9 Å². The number of methoxy groups -OCH3 is 2. The number of imidazole rings is 1. The fourth-order valence-corrected chi connectivity index (χ4v) is 3.66. The van der Waals surface area contributed by atoms with Crippen LogP contribution in [0.5, 0.6) is 11.5 Å². The number of nitrogens with zero attached hydrogens (tertiary/aromatic N) is 3. The highest BCUT2D eigenvalue weighted by atomic mass is 16.5. The smallest absolute Gasteiger partial charge is 0.246 e. The van der Waals surface area contributed by atoms with Gasteiger partial charge >= 0.3 is 0 Å². The summed E-state index contributed by atoms with van der Waals surface area (Å²) < 4.78 is 10.7. The molecule has 0 bridgehead atoms. The molecule has 3 rings (SSSR count). The van der Waals surface area contributed by atoms with Crippen LogP contribution in [0.2, 0.25) is 0 Å². The maximum absolute atomic E-state index is 12.5. The van der Waals surface area contributed by atoms with E-state index in [2.05, 4.69) is 28.0 Å². The molecule has 0 spiro atoms. The molecule has 2 aromatic rings. The predicted octanol–water partition coefficient (Wildman–Crippen LogP) is 2.61. The molecule has 1 aliphatic rings. The lowest BCUT2D eigenvalue weighted by molar-refractivity contribution is -0.127. The topological polar surface area (TPSA) is 70.7 Å². The minimum atomic E-state index is 0.0533. The van der Waals surface area contributed by atoms with Crippen molar-refractivity contribution in [3.8, 4) is 11.5 Å². The predicted molar refractivity (Wildman–Crippen MR) is 113 cm³/mol. The Morgan fingerprint density at radius 3 is 2.90 bits per heavy atom. The number of likely N-dealkylation sites (N-methyl/N-ethyl adjacent to an activating group) is 1. The highest BCUT2D eigenvalue weighted by Crippen LogP contribution is 2.28. The SMILES string of the molecule is COc1ccc(CCN(C)C2CCCN(C(=O)/C=C/c3cnc[nH]3)C2)cc1OC. The zero-order valence-corrected chi connectivity index (χ0v) is 17.4. The molecule has 7 nitrogen and oxygen atoms in total. The van der Waals surface area contributed by atoms with Crippen molar-refractivity contribution in [2.75, 3.05) is 40.9 Å². The number of rotatable bonds is 8. The van der Waals surface area contributed by atoms with Crippen LogP contribution in [0.25, 0.3) is 6.08 Å².